The number of hydrogen-bond acceptors (Lipinski definition) is 5. The molecule has 0 aromatic heterocycles. The van der Waals surface area contributed by atoms with Crippen molar-refractivity contribution in [3.63, 3.8) is 0 Å². The summed E-state index contributed by atoms with van der Waals surface area (Å²) < 4.78 is 5.00. The lowest BCUT2D eigenvalue weighted by molar-refractivity contribution is -0.133. The lowest BCUT2D eigenvalue weighted by Gasteiger charge is -1.97. The number of aliphatic carboxylic acids is 1. The van der Waals surface area contributed by atoms with Crippen molar-refractivity contribution in [3.05, 3.63) is 0 Å². The second kappa shape index (κ2) is 8.58. The van der Waals surface area contributed by atoms with Crippen LogP contribution in [0.1, 0.15) is 6.92 Å². The average Bonchev–Trinajstić information content (AvgIpc) is 1.96. The Morgan fingerprint density at radius 3 is 2.91 bits per heavy atom. The van der Waals surface area contributed by atoms with Crippen molar-refractivity contribution in [2.24, 2.45) is 0 Å². The Balaban J connectivity index is 2.85. The minimum atomic E-state index is -0.799. The summed E-state index contributed by atoms with van der Waals surface area (Å²) in [6.45, 7) is 2.03. The van der Waals surface area contributed by atoms with Gasteiger partial charge in [-0.05, 0) is 0 Å². The van der Waals surface area contributed by atoms with Crippen molar-refractivity contribution in [3.8, 4) is 0 Å². The van der Waals surface area contributed by atoms with Gasteiger partial charge >= 0.3 is 5.97 Å². The van der Waals surface area contributed by atoms with Gasteiger partial charge in [-0.3, -0.25) is 8.98 Å². The van der Waals surface area contributed by atoms with Gasteiger partial charge in [-0.1, -0.05) is 17.7 Å². The van der Waals surface area contributed by atoms with Gasteiger partial charge in [0.25, 0.3) is 0 Å². The van der Waals surface area contributed by atoms with E-state index in [-0.39, 0.29) is 5.75 Å². The Labute approximate surface area is 78.2 Å². The average molecular weight is 214 g/mol. The predicted octanol–water partition coefficient (Wildman–Crippen LogP) is 2.09. The largest absolute Gasteiger partial charge is 0.481 e. The molecule has 0 radical (unpaired) electrons. The molecule has 1 N–H and O–H groups in total. The molecule has 0 unspecified atom stereocenters. The number of thioether (sulfide) groups is 1. The molecule has 66 valence electrons. The summed E-state index contributed by atoms with van der Waals surface area (Å²) in [5.41, 5.74) is 0. The molecule has 0 fully saturated rings. The summed E-state index contributed by atoms with van der Waals surface area (Å²) in [5.74, 6) is 0.738. The number of rotatable bonds is 7. The summed E-state index contributed by atoms with van der Waals surface area (Å²) in [5, 5.41) is 8.23. The van der Waals surface area contributed by atoms with Crippen molar-refractivity contribution in [1.29, 1.82) is 0 Å². The fourth-order valence-corrected chi connectivity index (χ4v) is 1.96. The SMILES string of the molecule is CCSSOCSCC(=O)O. The van der Waals surface area contributed by atoms with Crippen LogP contribution in [0.25, 0.3) is 0 Å². The van der Waals surface area contributed by atoms with E-state index in [1.165, 1.54) is 22.8 Å². The molecule has 0 aliphatic heterocycles. The highest BCUT2D eigenvalue weighted by Crippen LogP contribution is 2.22. The van der Waals surface area contributed by atoms with Crippen LogP contribution in [0, 0.1) is 0 Å². The van der Waals surface area contributed by atoms with Crippen LogP contribution >= 0.6 is 33.6 Å². The first-order valence-electron chi connectivity index (χ1n) is 2.98. The first-order valence-corrected chi connectivity index (χ1v) is 6.38. The third-order valence-corrected chi connectivity index (χ3v) is 3.29. The van der Waals surface area contributed by atoms with Gasteiger partial charge in [-0.15, -0.1) is 11.8 Å². The van der Waals surface area contributed by atoms with Crippen molar-refractivity contribution >= 4 is 39.6 Å². The maximum Gasteiger partial charge on any atom is 0.313 e. The number of hydrogen-bond donors (Lipinski definition) is 1. The minimum Gasteiger partial charge on any atom is -0.481 e. The highest BCUT2D eigenvalue weighted by Gasteiger charge is 1.96. The van der Waals surface area contributed by atoms with Gasteiger partial charge in [-0.25, -0.2) is 0 Å². The summed E-state index contributed by atoms with van der Waals surface area (Å²) in [6, 6.07) is 0. The Morgan fingerprint density at radius 1 is 1.64 bits per heavy atom. The van der Waals surface area contributed by atoms with E-state index < -0.39 is 5.97 Å². The molecule has 0 aromatic rings. The number of carboxylic acid groups (broad SMARTS) is 1. The van der Waals surface area contributed by atoms with E-state index in [4.69, 9.17) is 9.29 Å². The lowest BCUT2D eigenvalue weighted by Crippen LogP contribution is -1.98. The van der Waals surface area contributed by atoms with E-state index in [9.17, 15) is 4.79 Å². The van der Waals surface area contributed by atoms with Crippen molar-refractivity contribution in [2.45, 2.75) is 6.92 Å². The maximum absolute atomic E-state index is 10.00. The molecule has 0 aliphatic carbocycles. The molecule has 11 heavy (non-hydrogen) atoms. The van der Waals surface area contributed by atoms with Gasteiger partial charge in [0, 0.05) is 5.75 Å². The second-order valence-electron chi connectivity index (χ2n) is 1.45. The molecule has 0 saturated carbocycles. The summed E-state index contributed by atoms with van der Waals surface area (Å²) in [6.07, 6.45) is 0. The van der Waals surface area contributed by atoms with Crippen LogP contribution in [0.5, 0.6) is 0 Å². The van der Waals surface area contributed by atoms with E-state index in [0.717, 1.165) is 5.75 Å². The molecular formula is C5H10O3S3. The molecule has 0 saturated heterocycles. The Kier molecular flexibility index (Phi) is 8.95. The van der Waals surface area contributed by atoms with Crippen LogP contribution in [-0.2, 0) is 8.98 Å². The highest BCUT2D eigenvalue weighted by atomic mass is 33.1. The molecule has 0 amide bonds. The van der Waals surface area contributed by atoms with E-state index in [0.29, 0.717) is 5.94 Å². The smallest absolute Gasteiger partial charge is 0.313 e. The first kappa shape index (κ1) is 11.5. The quantitative estimate of drug-likeness (QED) is 0.303. The van der Waals surface area contributed by atoms with E-state index in [2.05, 4.69) is 0 Å². The zero-order valence-electron chi connectivity index (χ0n) is 6.11. The Bertz CT molecular complexity index is 109. The summed E-state index contributed by atoms with van der Waals surface area (Å²) in [4.78, 5) is 10.00. The van der Waals surface area contributed by atoms with Gasteiger partial charge in [0.2, 0.25) is 0 Å². The van der Waals surface area contributed by atoms with Gasteiger partial charge in [-0.2, -0.15) is 0 Å². The molecule has 6 heteroatoms. The van der Waals surface area contributed by atoms with Crippen LogP contribution in [0.4, 0.5) is 0 Å². The Morgan fingerprint density at radius 2 is 2.36 bits per heavy atom. The summed E-state index contributed by atoms with van der Waals surface area (Å²) in [7, 11) is 1.60. The normalized spacial score (nSPS) is 9.91. The Hall–Kier alpha value is 0.480. The monoisotopic (exact) mass is 214 g/mol. The topological polar surface area (TPSA) is 46.5 Å². The molecule has 0 spiro atoms. The minimum absolute atomic E-state index is 0.108. The molecule has 0 atom stereocenters. The number of carbonyl (C=O) groups is 1. The molecule has 0 bridgehead atoms. The standard InChI is InChI=1S/C5H10O3S3/c1-2-10-11-8-4-9-3-5(6)7/h2-4H2,1H3,(H,6,7). The van der Waals surface area contributed by atoms with Crippen LogP contribution in [-0.4, -0.2) is 28.5 Å². The van der Waals surface area contributed by atoms with E-state index >= 15 is 0 Å². The van der Waals surface area contributed by atoms with Gasteiger partial charge in [0.15, 0.2) is 0 Å². The molecule has 0 aliphatic rings. The van der Waals surface area contributed by atoms with E-state index in [1.54, 1.807) is 10.8 Å². The molecule has 0 aromatic carbocycles. The molecule has 0 rings (SSSR count). The zero-order valence-corrected chi connectivity index (χ0v) is 8.56. The molecular weight excluding hydrogens is 204 g/mol. The van der Waals surface area contributed by atoms with Crippen LogP contribution in [0.2, 0.25) is 0 Å². The number of carboxylic acids is 1. The van der Waals surface area contributed by atoms with Crippen LogP contribution in [0.15, 0.2) is 0 Å². The third-order valence-electron chi connectivity index (χ3n) is 0.571. The molecule has 3 nitrogen and oxygen atoms in total. The third kappa shape index (κ3) is 10.5. The summed E-state index contributed by atoms with van der Waals surface area (Å²) >= 11 is 2.56. The first-order chi connectivity index (χ1) is 5.27. The molecule has 0 heterocycles. The van der Waals surface area contributed by atoms with E-state index in [1.807, 2.05) is 6.92 Å². The second-order valence-corrected chi connectivity index (χ2v) is 4.69. The maximum atomic E-state index is 10.00. The highest BCUT2D eigenvalue weighted by molar-refractivity contribution is 8.74. The zero-order chi connectivity index (χ0) is 8.53. The fourth-order valence-electron chi connectivity index (χ4n) is 0.265. The van der Waals surface area contributed by atoms with Crippen LogP contribution in [0.3, 0.4) is 0 Å². The fraction of sp³-hybridized carbons (Fsp3) is 0.800. The van der Waals surface area contributed by atoms with Crippen LogP contribution < -0.4 is 0 Å². The van der Waals surface area contributed by atoms with Gasteiger partial charge < -0.3 is 5.11 Å². The van der Waals surface area contributed by atoms with Gasteiger partial charge in [0.05, 0.1) is 16.8 Å². The van der Waals surface area contributed by atoms with Crippen molar-refractivity contribution in [1.82, 2.24) is 0 Å². The van der Waals surface area contributed by atoms with Crippen molar-refractivity contribution < 1.29 is 14.1 Å². The predicted molar refractivity (Wildman–Crippen MR) is 51.8 cm³/mol. The lowest BCUT2D eigenvalue weighted by atomic mass is 10.8. The van der Waals surface area contributed by atoms with Gasteiger partial charge in [0.1, 0.15) is 5.94 Å². The van der Waals surface area contributed by atoms with Crippen molar-refractivity contribution in [2.75, 3.05) is 17.4 Å².